The molecule has 14 heteroatoms. The molecule has 0 aliphatic heterocycles. The highest BCUT2D eigenvalue weighted by atomic mass is 32.2. The topological polar surface area (TPSA) is 135 Å². The van der Waals surface area contributed by atoms with Gasteiger partial charge in [0.25, 0.3) is 10.1 Å². The largest absolute Gasteiger partial charge is 0.341 e. The van der Waals surface area contributed by atoms with Crippen LogP contribution in [-0.4, -0.2) is 88.0 Å². The van der Waals surface area contributed by atoms with Gasteiger partial charge in [-0.25, -0.2) is 16.8 Å². The molecule has 4 aromatic carbocycles. The van der Waals surface area contributed by atoms with Gasteiger partial charge in [0.05, 0.1) is 9.79 Å². The number of unbranched alkanes of at least 4 members (excludes halogenated alkanes) is 10. The summed E-state index contributed by atoms with van der Waals surface area (Å²) in [6.07, 6.45) is 22.9. The molecule has 398 valence electrons. The number of hydrogen-bond acceptors (Lipinski definition) is 7. The second kappa shape index (κ2) is 29.4. The van der Waals surface area contributed by atoms with Gasteiger partial charge in [-0.05, 0) is 116 Å². The summed E-state index contributed by atoms with van der Waals surface area (Å²) >= 11 is 0. The molecule has 0 atom stereocenters. The van der Waals surface area contributed by atoms with Crippen molar-refractivity contribution in [1.82, 2.24) is 8.61 Å². The summed E-state index contributed by atoms with van der Waals surface area (Å²) in [5, 5.41) is 0. The Bertz CT molecular complexity index is 2780. The van der Waals surface area contributed by atoms with Crippen molar-refractivity contribution in [3.05, 3.63) is 138 Å². The Kier molecular flexibility index (Phi) is 23.8. The molecule has 1 N–H and O–H groups in total. The van der Waals surface area contributed by atoms with Crippen LogP contribution in [0.2, 0.25) is 0 Å². The molecule has 4 aromatic rings. The van der Waals surface area contributed by atoms with Crippen LogP contribution in [0.5, 0.6) is 0 Å². The van der Waals surface area contributed by atoms with Gasteiger partial charge in [-0.3, -0.25) is 4.55 Å². The van der Waals surface area contributed by atoms with Crippen LogP contribution in [0, 0.1) is 0 Å². The summed E-state index contributed by atoms with van der Waals surface area (Å²) in [6.45, 7) is 16.1. The summed E-state index contributed by atoms with van der Waals surface area (Å²) in [5.41, 5.74) is 5.91. The second-order valence-electron chi connectivity index (χ2n) is 19.1. The third-order valence-electron chi connectivity index (χ3n) is 13.5. The van der Waals surface area contributed by atoms with E-state index in [4.69, 9.17) is 0 Å². The maximum atomic E-state index is 14.0. The van der Waals surface area contributed by atoms with Crippen LogP contribution in [0.3, 0.4) is 0 Å². The lowest BCUT2D eigenvalue weighted by Gasteiger charge is -2.26. The maximum absolute atomic E-state index is 14.0. The van der Waals surface area contributed by atoms with Crippen molar-refractivity contribution < 1.29 is 34.4 Å². The van der Waals surface area contributed by atoms with Crippen molar-refractivity contribution >= 4 is 58.5 Å². The number of nitrogens with zero attached hydrogens (tertiary/aromatic N) is 4. The average molecular weight is 1060 g/mol. The van der Waals surface area contributed by atoms with Gasteiger partial charge in [0, 0.05) is 80.4 Å². The van der Waals surface area contributed by atoms with E-state index in [2.05, 4.69) is 51.0 Å². The summed E-state index contributed by atoms with van der Waals surface area (Å²) in [5.74, 6) is 0. The molecule has 0 heterocycles. The van der Waals surface area contributed by atoms with Crippen molar-refractivity contribution in [3.8, 4) is 0 Å². The van der Waals surface area contributed by atoms with Crippen molar-refractivity contribution in [2.24, 2.45) is 0 Å². The molecule has 5 rings (SSSR count). The Morgan fingerprint density at radius 1 is 0.466 bits per heavy atom. The Morgan fingerprint density at radius 2 is 0.890 bits per heavy atom. The van der Waals surface area contributed by atoms with Gasteiger partial charge < -0.3 is 4.90 Å². The lowest BCUT2D eigenvalue weighted by atomic mass is 9.90. The van der Waals surface area contributed by atoms with E-state index in [0.717, 1.165) is 137 Å². The van der Waals surface area contributed by atoms with Crippen LogP contribution in [0.25, 0.3) is 5.57 Å². The number of sulfonamides is 2. The highest BCUT2D eigenvalue weighted by molar-refractivity contribution is 7.89. The van der Waals surface area contributed by atoms with Crippen molar-refractivity contribution in [1.29, 1.82) is 0 Å². The summed E-state index contributed by atoms with van der Waals surface area (Å²) in [7, 11) is -12.0. The van der Waals surface area contributed by atoms with Gasteiger partial charge in [-0.2, -0.15) is 21.6 Å². The summed E-state index contributed by atoms with van der Waals surface area (Å²) < 4.78 is 97.8. The predicted molar refractivity (Wildman–Crippen MR) is 302 cm³/mol. The van der Waals surface area contributed by atoms with Gasteiger partial charge in [0.2, 0.25) is 31.4 Å². The average Bonchev–Trinajstić information content (AvgIpc) is 3.39. The molecule has 0 aromatic heterocycles. The Labute approximate surface area is 440 Å². The monoisotopic (exact) mass is 1060 g/mol. The molecule has 1 aliphatic carbocycles. The Hall–Kier alpha value is -4.70. The molecular formula is C59H83N4O7S3+. The van der Waals surface area contributed by atoms with Gasteiger partial charge >= 0.3 is 0 Å². The molecule has 0 amide bonds. The van der Waals surface area contributed by atoms with E-state index >= 15 is 0 Å². The van der Waals surface area contributed by atoms with Crippen molar-refractivity contribution in [2.45, 2.75) is 159 Å². The molecule has 73 heavy (non-hydrogen) atoms. The lowest BCUT2D eigenvalue weighted by molar-refractivity contribution is -0.439. The molecule has 0 radical (unpaired) electrons. The molecule has 0 spiro atoms. The van der Waals surface area contributed by atoms with Crippen LogP contribution in [-0.2, 0) is 30.2 Å². The van der Waals surface area contributed by atoms with Crippen LogP contribution >= 0.6 is 0 Å². The fourth-order valence-corrected chi connectivity index (χ4v) is 12.9. The lowest BCUT2D eigenvalue weighted by Crippen LogP contribution is -2.33. The van der Waals surface area contributed by atoms with Crippen LogP contribution < -0.4 is 4.90 Å². The zero-order valence-electron chi connectivity index (χ0n) is 44.5. The van der Waals surface area contributed by atoms with E-state index in [0.29, 0.717) is 50.4 Å². The summed E-state index contributed by atoms with van der Waals surface area (Å²) in [6, 6.07) is 28.8. The van der Waals surface area contributed by atoms with Gasteiger partial charge in [0.1, 0.15) is 11.4 Å². The first kappa shape index (κ1) is 59.2. The quantitative estimate of drug-likeness (QED) is 0.0290. The molecule has 0 saturated heterocycles. The third-order valence-corrected chi connectivity index (χ3v) is 18.2. The number of hydrogen-bond donors (Lipinski definition) is 1. The molecule has 0 saturated carbocycles. The van der Waals surface area contributed by atoms with E-state index in [1.807, 2.05) is 72.8 Å². The van der Waals surface area contributed by atoms with E-state index in [9.17, 15) is 29.8 Å². The van der Waals surface area contributed by atoms with E-state index < -0.39 is 30.2 Å². The van der Waals surface area contributed by atoms with Crippen LogP contribution in [0.1, 0.15) is 155 Å². The van der Waals surface area contributed by atoms with E-state index in [1.54, 1.807) is 51.1 Å². The Balaban J connectivity index is 1.53. The first-order valence-electron chi connectivity index (χ1n) is 27.1. The number of anilines is 2. The fourth-order valence-electron chi connectivity index (χ4n) is 9.19. The minimum absolute atomic E-state index is 0.207. The van der Waals surface area contributed by atoms with Crippen molar-refractivity contribution in [2.75, 3.05) is 44.2 Å². The maximum Gasteiger partial charge on any atom is 0.295 e. The second-order valence-corrected chi connectivity index (χ2v) is 24.3. The first-order valence-corrected chi connectivity index (χ1v) is 31.4. The normalized spacial score (nSPS) is 13.1. The zero-order chi connectivity index (χ0) is 52.9. The van der Waals surface area contributed by atoms with Gasteiger partial charge in [-0.1, -0.05) is 136 Å². The van der Waals surface area contributed by atoms with Crippen molar-refractivity contribution in [3.63, 3.8) is 0 Å². The van der Waals surface area contributed by atoms with Crippen LogP contribution in [0.15, 0.2) is 142 Å². The molecular weight excluding hydrogens is 973 g/mol. The standard InChI is InChI=1S/C59H82N4O7S3/c1-7-13-21-43-60(44-22-14-8-2)71(64,65)55-39-35-53(36-40-55)62(47-17-11-5)51-31-27-49(28-32-51)59(57-25-19-20-26-58(57)73(68,69)70)50-29-33-52(34-30-50)63(48-18-12-6)54-37-41-56(42-38-54)72(66,67)61(45-23-15-9-3)46-24-16-10-4/h19-20,25-42H,7-18,21-24,43-48H2,1-6H3/p+1. The number of benzene rings is 4. The first-order chi connectivity index (χ1) is 35.2. The SMILES string of the molecule is CCCCCN(CCCCC)S(=O)(=O)c1ccc(N(CCCC)c2ccc(C(=C3C=CC(=[N+](CCCC)c4ccc(S(=O)(=O)N(CCCCC)CCCCC)cc4)C=C3)c3ccccc3S(=O)(=O)O)cc2)cc1. The molecule has 1 aliphatic rings. The Morgan fingerprint density at radius 3 is 1.33 bits per heavy atom. The van der Waals surface area contributed by atoms with E-state index in [-0.39, 0.29) is 14.7 Å². The molecule has 0 unspecified atom stereocenters. The highest BCUT2D eigenvalue weighted by Gasteiger charge is 2.28. The highest BCUT2D eigenvalue weighted by Crippen LogP contribution is 2.36. The number of rotatable bonds is 32. The molecule has 0 bridgehead atoms. The fraction of sp³-hybridized carbons (Fsp3) is 0.475. The minimum atomic E-state index is -4.62. The number of allylic oxidation sites excluding steroid dienone is 5. The van der Waals surface area contributed by atoms with Gasteiger partial charge in [-0.15, -0.1) is 0 Å². The van der Waals surface area contributed by atoms with Gasteiger partial charge in [0.15, 0.2) is 0 Å². The van der Waals surface area contributed by atoms with Crippen LogP contribution in [0.4, 0.5) is 17.1 Å². The third kappa shape index (κ3) is 16.4. The minimum Gasteiger partial charge on any atom is -0.341 e. The molecule has 0 fully saturated rings. The molecule has 11 nitrogen and oxygen atoms in total. The zero-order valence-corrected chi connectivity index (χ0v) is 47.0. The summed E-state index contributed by atoms with van der Waals surface area (Å²) in [4.78, 5) is 2.54. The van der Waals surface area contributed by atoms with E-state index in [1.165, 1.54) is 6.07 Å². The smallest absolute Gasteiger partial charge is 0.295 e. The predicted octanol–water partition coefficient (Wildman–Crippen LogP) is 14.1.